The first-order valence-electron chi connectivity index (χ1n) is 34.7. The molecular weight excluding hydrogens is 1020 g/mol. The predicted molar refractivity (Wildman–Crippen MR) is 362 cm³/mol. The fourth-order valence-corrected chi connectivity index (χ4v) is 9.49. The normalized spacial score (nSPS) is 13.0. The molecule has 0 fully saturated rings. The predicted octanol–water partition coefficient (Wildman–Crippen LogP) is 24.1. The fraction of sp³-hybridized carbons (Fsp3) is 0.675. The van der Waals surface area contributed by atoms with Crippen molar-refractivity contribution in [2.45, 2.75) is 322 Å². The molecule has 6 nitrogen and oxygen atoms in total. The second-order valence-electron chi connectivity index (χ2n) is 22.7. The van der Waals surface area contributed by atoms with Crippen molar-refractivity contribution in [3.8, 4) is 0 Å². The molecule has 1 atom stereocenters. The van der Waals surface area contributed by atoms with E-state index in [9.17, 15) is 14.4 Å². The standard InChI is InChI=1S/C77H128O6/c1-4-7-10-13-16-19-22-25-28-31-32-33-34-35-36-37-38-39-40-41-42-43-44-47-49-52-55-58-61-64-67-70-76(79)82-73-74(83-77(80)71-68-65-62-59-56-53-50-46-30-27-24-21-18-15-12-9-6-3)72-81-75(78)69-66-63-60-57-54-51-48-45-29-26-23-20-17-14-11-8-5-2/h7,9-10,12,16,18-19,21,25-30,32-33,35-36,38-39,50,53,74H,4-6,8,11,13-15,17,20,22-24,31,34,37,40-49,51-52,54-73H2,1-3H3/b10-7-,12-9-,19-16-,21-18-,28-25-,29-26-,30-27-,33-32-,36-35-,39-38-,53-50-. The third kappa shape index (κ3) is 68.2. The first-order chi connectivity index (χ1) is 41.0. The number of hydrogen-bond donors (Lipinski definition) is 0. The highest BCUT2D eigenvalue weighted by molar-refractivity contribution is 5.71. The zero-order valence-electron chi connectivity index (χ0n) is 54.2. The summed E-state index contributed by atoms with van der Waals surface area (Å²) in [5.41, 5.74) is 0. The molecule has 0 saturated heterocycles. The molecule has 0 aromatic carbocycles. The molecule has 0 aliphatic rings. The zero-order valence-corrected chi connectivity index (χ0v) is 54.2. The number of carbonyl (C=O) groups excluding carboxylic acids is 3. The summed E-state index contributed by atoms with van der Waals surface area (Å²) in [4.78, 5) is 38.4. The molecule has 472 valence electrons. The van der Waals surface area contributed by atoms with E-state index in [1.807, 2.05) is 0 Å². The van der Waals surface area contributed by atoms with Crippen molar-refractivity contribution < 1.29 is 28.6 Å². The molecule has 0 rings (SSSR count). The van der Waals surface area contributed by atoms with Crippen molar-refractivity contribution in [2.24, 2.45) is 0 Å². The van der Waals surface area contributed by atoms with E-state index in [1.54, 1.807) is 0 Å². The molecule has 0 spiro atoms. The van der Waals surface area contributed by atoms with Gasteiger partial charge in [-0.05, 0) is 135 Å². The van der Waals surface area contributed by atoms with Gasteiger partial charge in [0, 0.05) is 19.3 Å². The Bertz CT molecular complexity index is 1750. The third-order valence-corrected chi connectivity index (χ3v) is 14.6. The smallest absolute Gasteiger partial charge is 0.306 e. The van der Waals surface area contributed by atoms with Crippen LogP contribution in [-0.4, -0.2) is 37.2 Å². The van der Waals surface area contributed by atoms with Crippen LogP contribution >= 0.6 is 0 Å². The molecule has 0 amide bonds. The lowest BCUT2D eigenvalue weighted by Crippen LogP contribution is -2.30. The van der Waals surface area contributed by atoms with Crippen molar-refractivity contribution in [3.05, 3.63) is 134 Å². The van der Waals surface area contributed by atoms with E-state index in [1.165, 1.54) is 141 Å². The van der Waals surface area contributed by atoms with Gasteiger partial charge < -0.3 is 14.2 Å². The summed E-state index contributed by atoms with van der Waals surface area (Å²) >= 11 is 0. The van der Waals surface area contributed by atoms with Crippen LogP contribution in [0.25, 0.3) is 0 Å². The molecule has 0 N–H and O–H groups in total. The number of esters is 3. The molecule has 0 bridgehead atoms. The maximum atomic E-state index is 12.9. The fourth-order valence-electron chi connectivity index (χ4n) is 9.49. The van der Waals surface area contributed by atoms with Crippen LogP contribution in [0.2, 0.25) is 0 Å². The van der Waals surface area contributed by atoms with Crippen LogP contribution < -0.4 is 0 Å². The highest BCUT2D eigenvalue weighted by atomic mass is 16.6. The number of carbonyl (C=O) groups is 3. The Balaban J connectivity index is 4.33. The Labute approximate surface area is 513 Å². The summed E-state index contributed by atoms with van der Waals surface area (Å²) in [7, 11) is 0. The minimum atomic E-state index is -0.799. The van der Waals surface area contributed by atoms with E-state index in [0.717, 1.165) is 135 Å². The lowest BCUT2D eigenvalue weighted by atomic mass is 10.0. The lowest BCUT2D eigenvalue weighted by molar-refractivity contribution is -0.167. The summed E-state index contributed by atoms with van der Waals surface area (Å²) in [6.45, 7) is 6.41. The van der Waals surface area contributed by atoms with Gasteiger partial charge in [0.15, 0.2) is 6.10 Å². The van der Waals surface area contributed by atoms with E-state index in [-0.39, 0.29) is 31.1 Å². The first kappa shape index (κ1) is 78.5. The maximum Gasteiger partial charge on any atom is 0.306 e. The Morgan fingerprint density at radius 1 is 0.253 bits per heavy atom. The van der Waals surface area contributed by atoms with Gasteiger partial charge in [-0.2, -0.15) is 0 Å². The third-order valence-electron chi connectivity index (χ3n) is 14.6. The van der Waals surface area contributed by atoms with Crippen LogP contribution in [0.5, 0.6) is 0 Å². The van der Waals surface area contributed by atoms with E-state index in [0.29, 0.717) is 19.3 Å². The minimum Gasteiger partial charge on any atom is -0.462 e. The van der Waals surface area contributed by atoms with Crippen LogP contribution in [0.3, 0.4) is 0 Å². The minimum absolute atomic E-state index is 0.0921. The van der Waals surface area contributed by atoms with Crippen LogP contribution in [0, 0.1) is 0 Å². The molecule has 1 unspecified atom stereocenters. The Hall–Kier alpha value is -4.45. The first-order valence-corrected chi connectivity index (χ1v) is 34.7. The molecular formula is C77H128O6. The molecule has 0 aliphatic heterocycles. The summed E-state index contributed by atoms with van der Waals surface area (Å²) in [6, 6.07) is 0. The van der Waals surface area contributed by atoms with Crippen molar-refractivity contribution in [2.75, 3.05) is 13.2 Å². The van der Waals surface area contributed by atoms with E-state index in [4.69, 9.17) is 14.2 Å². The van der Waals surface area contributed by atoms with Gasteiger partial charge in [-0.1, -0.05) is 296 Å². The summed E-state index contributed by atoms with van der Waals surface area (Å²) in [6.07, 6.45) is 99.0. The van der Waals surface area contributed by atoms with Gasteiger partial charge in [-0.3, -0.25) is 14.4 Å². The van der Waals surface area contributed by atoms with Gasteiger partial charge in [0.25, 0.3) is 0 Å². The molecule has 6 heteroatoms. The molecule has 83 heavy (non-hydrogen) atoms. The maximum absolute atomic E-state index is 12.9. The van der Waals surface area contributed by atoms with Crippen LogP contribution in [0.15, 0.2) is 134 Å². The van der Waals surface area contributed by atoms with Gasteiger partial charge in [-0.25, -0.2) is 0 Å². The quantitative estimate of drug-likeness (QED) is 0.0261. The number of unbranched alkanes of at least 4 members (excludes halogenated alkanes) is 29. The average molecular weight is 1150 g/mol. The second kappa shape index (κ2) is 70.0. The van der Waals surface area contributed by atoms with Crippen molar-refractivity contribution in [3.63, 3.8) is 0 Å². The monoisotopic (exact) mass is 1150 g/mol. The number of rotatable bonds is 62. The average Bonchev–Trinajstić information content (AvgIpc) is 3.49. The highest BCUT2D eigenvalue weighted by Crippen LogP contribution is 2.16. The molecule has 0 saturated carbocycles. The number of hydrogen-bond acceptors (Lipinski definition) is 6. The van der Waals surface area contributed by atoms with Gasteiger partial charge in [-0.15, -0.1) is 0 Å². The van der Waals surface area contributed by atoms with Crippen molar-refractivity contribution in [1.29, 1.82) is 0 Å². The zero-order chi connectivity index (χ0) is 59.9. The SMILES string of the molecule is CC/C=C\C/C=C\C/C=C\C/C=C\C/C=C\C/C=C\CCCCCCCCCCCCCCC(=O)OCC(COC(=O)CCCCCCCCC/C=C\CCCCCCCC)OC(=O)CCCCCC/C=C\C/C=C\C/C=C\C/C=C\CC. The summed E-state index contributed by atoms with van der Waals surface area (Å²) in [5, 5.41) is 0. The van der Waals surface area contributed by atoms with Crippen molar-refractivity contribution in [1.82, 2.24) is 0 Å². The number of allylic oxidation sites excluding steroid dienone is 22. The largest absolute Gasteiger partial charge is 0.462 e. The van der Waals surface area contributed by atoms with E-state index in [2.05, 4.69) is 154 Å². The Morgan fingerprint density at radius 3 is 0.747 bits per heavy atom. The number of ether oxygens (including phenoxy) is 3. The highest BCUT2D eigenvalue weighted by Gasteiger charge is 2.19. The molecule has 0 aromatic rings. The Kier molecular flexibility index (Phi) is 66.3. The van der Waals surface area contributed by atoms with Gasteiger partial charge in [0.05, 0.1) is 0 Å². The summed E-state index contributed by atoms with van der Waals surface area (Å²) < 4.78 is 17.0. The van der Waals surface area contributed by atoms with Gasteiger partial charge in [0.2, 0.25) is 0 Å². The van der Waals surface area contributed by atoms with E-state index >= 15 is 0 Å². The molecule has 0 aliphatic carbocycles. The summed E-state index contributed by atoms with van der Waals surface area (Å²) in [5.74, 6) is -0.914. The molecule has 0 radical (unpaired) electrons. The van der Waals surface area contributed by atoms with Crippen molar-refractivity contribution >= 4 is 17.9 Å². The van der Waals surface area contributed by atoms with Crippen LogP contribution in [-0.2, 0) is 28.6 Å². The van der Waals surface area contributed by atoms with Crippen LogP contribution in [0.4, 0.5) is 0 Å². The van der Waals surface area contributed by atoms with Gasteiger partial charge >= 0.3 is 17.9 Å². The Morgan fingerprint density at radius 2 is 0.470 bits per heavy atom. The van der Waals surface area contributed by atoms with Gasteiger partial charge in [0.1, 0.15) is 13.2 Å². The topological polar surface area (TPSA) is 78.9 Å². The van der Waals surface area contributed by atoms with Crippen LogP contribution in [0.1, 0.15) is 316 Å². The molecule has 0 aromatic heterocycles. The lowest BCUT2D eigenvalue weighted by Gasteiger charge is -2.18. The van der Waals surface area contributed by atoms with E-state index < -0.39 is 6.10 Å². The second-order valence-corrected chi connectivity index (χ2v) is 22.7. The molecule has 0 heterocycles.